The van der Waals surface area contributed by atoms with Crippen LogP contribution < -0.4 is 15.0 Å². The van der Waals surface area contributed by atoms with E-state index in [0.29, 0.717) is 0 Å². The molecule has 0 spiro atoms. The first-order valence-corrected chi connectivity index (χ1v) is 9.91. The monoisotopic (exact) mass is 384 g/mol. The molecular weight excluding hydrogens is 360 g/mol. The average molecular weight is 385 g/mol. The Balaban J connectivity index is 1.90. The highest BCUT2D eigenvalue weighted by Gasteiger charge is 2.21. The lowest BCUT2D eigenvalue weighted by Crippen LogP contribution is -2.36. The number of methoxy groups -OCH3 is 2. The van der Waals surface area contributed by atoms with Crippen LogP contribution in [0, 0.1) is 6.92 Å². The molecule has 1 fully saturated rings. The van der Waals surface area contributed by atoms with Gasteiger partial charge in [0.1, 0.15) is 11.5 Å². The molecule has 1 aliphatic heterocycles. The number of likely N-dealkylation sites (tertiary alicyclic amines) is 1. The highest BCUT2D eigenvalue weighted by atomic mass is 32.1. The molecular formula is C21H24N2O3S. The number of thiophene rings is 1. The second-order valence-electron chi connectivity index (χ2n) is 7.05. The van der Waals surface area contributed by atoms with Gasteiger partial charge in [-0.25, -0.2) is 0 Å². The van der Waals surface area contributed by atoms with E-state index in [1.165, 1.54) is 6.42 Å². The molecule has 1 saturated heterocycles. The highest BCUT2D eigenvalue weighted by Crippen LogP contribution is 2.40. The molecule has 0 amide bonds. The predicted octanol–water partition coefficient (Wildman–Crippen LogP) is 3.80. The molecule has 142 valence electrons. The Hall–Kier alpha value is -2.31. The quantitative estimate of drug-likeness (QED) is 0.671. The number of aromatic nitrogens is 1. The van der Waals surface area contributed by atoms with Crippen molar-refractivity contribution in [3.05, 3.63) is 45.2 Å². The van der Waals surface area contributed by atoms with Crippen molar-refractivity contribution < 1.29 is 9.47 Å². The average Bonchev–Trinajstić information content (AvgIpc) is 3.02. The van der Waals surface area contributed by atoms with Gasteiger partial charge in [0.25, 0.3) is 5.56 Å². The topological polar surface area (TPSA) is 43.7 Å². The second kappa shape index (κ2) is 7.02. The van der Waals surface area contributed by atoms with Gasteiger partial charge < -0.3 is 14.0 Å². The van der Waals surface area contributed by atoms with Crippen LogP contribution in [-0.2, 0) is 13.6 Å². The number of ether oxygens (including phenoxy) is 2. The maximum Gasteiger partial charge on any atom is 0.259 e. The first-order valence-electron chi connectivity index (χ1n) is 9.09. The Morgan fingerprint density at radius 1 is 1.11 bits per heavy atom. The molecule has 0 unspecified atom stereocenters. The summed E-state index contributed by atoms with van der Waals surface area (Å²) < 4.78 is 14.1. The van der Waals surface area contributed by atoms with E-state index in [4.69, 9.17) is 9.47 Å². The van der Waals surface area contributed by atoms with Gasteiger partial charge in [-0.05, 0) is 50.2 Å². The minimum atomic E-state index is 0.0337. The predicted molar refractivity (Wildman–Crippen MR) is 110 cm³/mol. The summed E-state index contributed by atoms with van der Waals surface area (Å²) in [5.41, 5.74) is 3.13. The molecule has 0 radical (unpaired) electrons. The molecule has 5 nitrogen and oxygen atoms in total. The van der Waals surface area contributed by atoms with Crippen LogP contribution in [0.4, 0.5) is 0 Å². The smallest absolute Gasteiger partial charge is 0.259 e. The first kappa shape index (κ1) is 18.1. The van der Waals surface area contributed by atoms with Gasteiger partial charge in [-0.15, -0.1) is 11.3 Å². The van der Waals surface area contributed by atoms with Crippen molar-refractivity contribution in [2.75, 3.05) is 27.3 Å². The Morgan fingerprint density at radius 2 is 1.78 bits per heavy atom. The number of fused-ring (bicyclic) bond motifs is 1. The largest absolute Gasteiger partial charge is 0.496 e. The van der Waals surface area contributed by atoms with Crippen molar-refractivity contribution in [1.82, 2.24) is 9.47 Å². The number of hydrogen-bond donors (Lipinski definition) is 0. The van der Waals surface area contributed by atoms with Crippen LogP contribution in [0.2, 0.25) is 0 Å². The van der Waals surface area contributed by atoms with Crippen molar-refractivity contribution in [3.63, 3.8) is 0 Å². The highest BCUT2D eigenvalue weighted by molar-refractivity contribution is 7.19. The van der Waals surface area contributed by atoms with Crippen LogP contribution in [0.1, 0.15) is 16.9 Å². The van der Waals surface area contributed by atoms with E-state index < -0.39 is 0 Å². The van der Waals surface area contributed by atoms with Gasteiger partial charge in [0, 0.05) is 34.9 Å². The molecule has 1 aromatic carbocycles. The first-order chi connectivity index (χ1) is 13.0. The van der Waals surface area contributed by atoms with E-state index >= 15 is 0 Å². The summed E-state index contributed by atoms with van der Waals surface area (Å²) in [6.45, 7) is 5.09. The molecule has 4 rings (SSSR count). The lowest BCUT2D eigenvalue weighted by Gasteiger charge is -2.31. The summed E-state index contributed by atoms with van der Waals surface area (Å²) in [7, 11) is 5.19. The summed E-state index contributed by atoms with van der Waals surface area (Å²) in [5.74, 6) is 1.65. The molecule has 2 aromatic heterocycles. The molecule has 0 saturated carbocycles. The minimum Gasteiger partial charge on any atom is -0.496 e. The van der Waals surface area contributed by atoms with Gasteiger partial charge >= 0.3 is 0 Å². The van der Waals surface area contributed by atoms with E-state index in [2.05, 4.69) is 17.0 Å². The third kappa shape index (κ3) is 3.13. The fourth-order valence-electron chi connectivity index (χ4n) is 3.64. The van der Waals surface area contributed by atoms with Crippen molar-refractivity contribution in [2.24, 2.45) is 7.05 Å². The maximum absolute atomic E-state index is 12.5. The summed E-state index contributed by atoms with van der Waals surface area (Å²) in [6.07, 6.45) is 3.15. The summed E-state index contributed by atoms with van der Waals surface area (Å²) in [6, 6.07) is 6.09. The number of aryl methyl sites for hydroxylation is 2. The fraction of sp³-hybridized carbons (Fsp3) is 0.381. The SMILES string of the molecule is COc1cc(-c2cn(C)c(=O)c3cc(C)sc23)cc(OC)c1CN1CCC1. The van der Waals surface area contributed by atoms with Gasteiger partial charge in [-0.2, -0.15) is 0 Å². The third-order valence-corrected chi connectivity index (χ3v) is 6.31. The summed E-state index contributed by atoms with van der Waals surface area (Å²) in [5, 5.41) is 0.764. The number of benzene rings is 1. The van der Waals surface area contributed by atoms with E-state index in [1.807, 2.05) is 19.2 Å². The lowest BCUT2D eigenvalue weighted by molar-refractivity contribution is 0.168. The zero-order chi connectivity index (χ0) is 19.1. The van der Waals surface area contributed by atoms with Gasteiger partial charge in [-0.1, -0.05) is 0 Å². The van der Waals surface area contributed by atoms with Crippen LogP contribution in [0.15, 0.2) is 29.2 Å². The van der Waals surface area contributed by atoms with Crippen LogP contribution in [-0.4, -0.2) is 36.8 Å². The Morgan fingerprint density at radius 3 is 2.33 bits per heavy atom. The van der Waals surface area contributed by atoms with E-state index in [0.717, 1.165) is 62.8 Å². The standard InChI is InChI=1S/C21H24N2O3S/c1-13-8-15-20(27-13)16(11-22(2)21(15)24)14-9-18(25-3)17(19(10-14)26-4)12-23-6-5-7-23/h8-11H,5-7,12H2,1-4H3. The van der Waals surface area contributed by atoms with Gasteiger partial charge in [-0.3, -0.25) is 9.69 Å². The molecule has 0 atom stereocenters. The molecule has 3 aromatic rings. The van der Waals surface area contributed by atoms with Gasteiger partial charge in [0.2, 0.25) is 0 Å². The van der Waals surface area contributed by atoms with Crippen molar-refractivity contribution in [3.8, 4) is 22.6 Å². The zero-order valence-corrected chi connectivity index (χ0v) is 17.0. The summed E-state index contributed by atoms with van der Waals surface area (Å²) in [4.78, 5) is 16.0. The second-order valence-corrected chi connectivity index (χ2v) is 8.30. The van der Waals surface area contributed by atoms with Crippen LogP contribution in [0.5, 0.6) is 11.5 Å². The zero-order valence-electron chi connectivity index (χ0n) is 16.2. The molecule has 0 bridgehead atoms. The Bertz CT molecular complexity index is 1040. The number of pyridine rings is 1. The molecule has 1 aliphatic rings. The fourth-order valence-corrected chi connectivity index (χ4v) is 4.67. The van der Waals surface area contributed by atoms with Gasteiger partial charge in [0.15, 0.2) is 0 Å². The molecule has 0 aliphatic carbocycles. The molecule has 0 N–H and O–H groups in total. The number of hydrogen-bond acceptors (Lipinski definition) is 5. The van der Waals surface area contributed by atoms with E-state index in [1.54, 1.807) is 37.2 Å². The molecule has 27 heavy (non-hydrogen) atoms. The van der Waals surface area contributed by atoms with Crippen LogP contribution >= 0.6 is 11.3 Å². The van der Waals surface area contributed by atoms with Crippen molar-refractivity contribution >= 4 is 21.4 Å². The van der Waals surface area contributed by atoms with Crippen molar-refractivity contribution in [2.45, 2.75) is 19.9 Å². The molecule has 6 heteroatoms. The van der Waals surface area contributed by atoms with E-state index in [9.17, 15) is 4.79 Å². The van der Waals surface area contributed by atoms with Gasteiger partial charge in [0.05, 0.1) is 25.2 Å². The lowest BCUT2D eigenvalue weighted by atomic mass is 10.0. The summed E-state index contributed by atoms with van der Waals surface area (Å²) >= 11 is 1.65. The van der Waals surface area contributed by atoms with Crippen LogP contribution in [0.3, 0.4) is 0 Å². The Labute approximate surface area is 162 Å². The molecule has 3 heterocycles. The minimum absolute atomic E-state index is 0.0337. The number of nitrogens with zero attached hydrogens (tertiary/aromatic N) is 2. The van der Waals surface area contributed by atoms with Crippen LogP contribution in [0.25, 0.3) is 21.2 Å². The third-order valence-electron chi connectivity index (χ3n) is 5.22. The number of rotatable bonds is 5. The van der Waals surface area contributed by atoms with E-state index in [-0.39, 0.29) is 5.56 Å². The normalized spacial score (nSPS) is 14.4. The maximum atomic E-state index is 12.5. The van der Waals surface area contributed by atoms with Crippen molar-refractivity contribution in [1.29, 1.82) is 0 Å². The Kier molecular flexibility index (Phi) is 4.70.